The Morgan fingerprint density at radius 2 is 2.06 bits per heavy atom. The van der Waals surface area contributed by atoms with Gasteiger partial charge in [-0.2, -0.15) is 0 Å². The fraction of sp³-hybridized carbons (Fsp3) is 0.708. The number of hydrogen-bond acceptors (Lipinski definition) is 7. The second-order valence-electron chi connectivity index (χ2n) is 8.45. The van der Waals surface area contributed by atoms with E-state index in [1.54, 1.807) is 7.11 Å². The van der Waals surface area contributed by atoms with E-state index in [-0.39, 0.29) is 0 Å². The van der Waals surface area contributed by atoms with Gasteiger partial charge in [-0.25, -0.2) is 14.6 Å². The minimum absolute atomic E-state index is 0.295. The van der Waals surface area contributed by atoms with Gasteiger partial charge in [-0.15, -0.1) is 0 Å². The second-order valence-corrected chi connectivity index (χ2v) is 8.45. The molecule has 1 aliphatic rings. The molecule has 33 heavy (non-hydrogen) atoms. The summed E-state index contributed by atoms with van der Waals surface area (Å²) in [4.78, 5) is 30.4. The zero-order chi connectivity index (χ0) is 23.9. The number of anilines is 1. The van der Waals surface area contributed by atoms with E-state index in [0.29, 0.717) is 32.7 Å². The number of pyridine rings is 1. The minimum atomic E-state index is -1.05. The first-order valence-corrected chi connectivity index (χ1v) is 12.1. The maximum Gasteiger partial charge on any atom is 0.407 e. The van der Waals surface area contributed by atoms with Crippen molar-refractivity contribution in [2.24, 2.45) is 0 Å². The number of nitrogens with zero attached hydrogens (tertiary/aromatic N) is 2. The Morgan fingerprint density at radius 3 is 2.82 bits per heavy atom. The summed E-state index contributed by atoms with van der Waals surface area (Å²) in [5.74, 6) is -0.0258. The van der Waals surface area contributed by atoms with Crippen molar-refractivity contribution >= 4 is 17.9 Å². The quantitative estimate of drug-likeness (QED) is 0.320. The standard InChI is InChI=1S/C24H40N4O5/c1-3-4-17-33-24(31)27-21(23(29)30)12-15-28(16-18-32-2)14-6-5-9-20-11-10-19-8-7-13-25-22(19)26-20/h10-11,21H,3-9,12-18H2,1-2H3,(H,25,26)(H,27,31)(H,29,30). The van der Waals surface area contributed by atoms with Gasteiger partial charge in [0.05, 0.1) is 13.2 Å². The van der Waals surface area contributed by atoms with Gasteiger partial charge in [-0.05, 0) is 63.1 Å². The summed E-state index contributed by atoms with van der Waals surface area (Å²) in [5.41, 5.74) is 2.40. The number of unbranched alkanes of at least 4 members (excludes halogenated alkanes) is 2. The summed E-state index contributed by atoms with van der Waals surface area (Å²) >= 11 is 0. The van der Waals surface area contributed by atoms with E-state index in [9.17, 15) is 14.7 Å². The zero-order valence-corrected chi connectivity index (χ0v) is 20.1. The normalized spacial score (nSPS) is 13.8. The summed E-state index contributed by atoms with van der Waals surface area (Å²) in [6.07, 6.45) is 6.43. The lowest BCUT2D eigenvalue weighted by Gasteiger charge is -2.24. The fourth-order valence-electron chi connectivity index (χ4n) is 3.77. The predicted octanol–water partition coefficient (Wildman–Crippen LogP) is 3.08. The number of carbonyl (C=O) groups excluding carboxylic acids is 1. The van der Waals surface area contributed by atoms with Crippen LogP contribution in [0.2, 0.25) is 0 Å². The van der Waals surface area contributed by atoms with Gasteiger partial charge >= 0.3 is 12.1 Å². The molecule has 9 heteroatoms. The first-order chi connectivity index (χ1) is 16.0. The average molecular weight is 465 g/mol. The van der Waals surface area contributed by atoms with Crippen LogP contribution in [-0.2, 0) is 27.1 Å². The molecule has 1 aromatic heterocycles. The number of rotatable bonds is 16. The van der Waals surface area contributed by atoms with Crippen molar-refractivity contribution in [2.45, 2.75) is 64.3 Å². The van der Waals surface area contributed by atoms with Gasteiger partial charge in [0.15, 0.2) is 0 Å². The van der Waals surface area contributed by atoms with Gasteiger partial charge in [0.25, 0.3) is 0 Å². The number of carboxylic acids is 1. The molecule has 0 aromatic carbocycles. The zero-order valence-electron chi connectivity index (χ0n) is 20.1. The highest BCUT2D eigenvalue weighted by Gasteiger charge is 2.21. The number of amides is 1. The molecule has 1 aromatic rings. The van der Waals surface area contributed by atoms with Crippen molar-refractivity contribution < 1.29 is 24.2 Å². The molecule has 1 atom stereocenters. The van der Waals surface area contributed by atoms with Crippen LogP contribution in [-0.4, -0.2) is 79.6 Å². The third-order valence-electron chi connectivity index (χ3n) is 5.78. The van der Waals surface area contributed by atoms with E-state index in [0.717, 1.165) is 69.5 Å². The lowest BCUT2D eigenvalue weighted by molar-refractivity contribution is -0.139. The van der Waals surface area contributed by atoms with Crippen LogP contribution in [0.5, 0.6) is 0 Å². The van der Waals surface area contributed by atoms with Crippen molar-refractivity contribution in [1.82, 2.24) is 15.2 Å². The molecule has 1 amide bonds. The first kappa shape index (κ1) is 26.9. The fourth-order valence-corrected chi connectivity index (χ4v) is 3.77. The largest absolute Gasteiger partial charge is 0.480 e. The first-order valence-electron chi connectivity index (χ1n) is 12.1. The SMILES string of the molecule is CCCCOC(=O)NC(CCN(CCCCc1ccc2c(n1)NCCC2)CCOC)C(=O)O. The highest BCUT2D eigenvalue weighted by atomic mass is 16.5. The number of fused-ring (bicyclic) bond motifs is 1. The third-order valence-corrected chi connectivity index (χ3v) is 5.78. The molecule has 2 heterocycles. The number of nitrogens with one attached hydrogen (secondary N) is 2. The maximum absolute atomic E-state index is 11.8. The molecule has 0 radical (unpaired) electrons. The molecule has 1 unspecified atom stereocenters. The van der Waals surface area contributed by atoms with E-state index in [4.69, 9.17) is 14.5 Å². The number of ether oxygens (including phenoxy) is 2. The molecular formula is C24H40N4O5. The summed E-state index contributed by atoms with van der Waals surface area (Å²) in [6, 6.07) is 3.33. The molecule has 0 spiro atoms. The number of methoxy groups -OCH3 is 1. The Labute approximate surface area is 197 Å². The molecule has 0 bridgehead atoms. The van der Waals surface area contributed by atoms with Gasteiger partial charge in [-0.3, -0.25) is 0 Å². The number of carboxylic acid groups (broad SMARTS) is 1. The number of hydrogen-bond donors (Lipinski definition) is 3. The molecule has 1 aliphatic heterocycles. The van der Waals surface area contributed by atoms with Crippen LogP contribution < -0.4 is 10.6 Å². The van der Waals surface area contributed by atoms with Crippen LogP contribution in [0, 0.1) is 0 Å². The van der Waals surface area contributed by atoms with Crippen LogP contribution in [0.25, 0.3) is 0 Å². The van der Waals surface area contributed by atoms with Gasteiger partial charge in [0.2, 0.25) is 0 Å². The van der Waals surface area contributed by atoms with Crippen molar-refractivity contribution in [1.29, 1.82) is 0 Å². The summed E-state index contributed by atoms with van der Waals surface area (Å²) in [7, 11) is 1.65. The van der Waals surface area contributed by atoms with Crippen molar-refractivity contribution in [3.05, 3.63) is 23.4 Å². The number of alkyl carbamates (subject to hydrolysis) is 1. The predicted molar refractivity (Wildman–Crippen MR) is 128 cm³/mol. The molecule has 0 saturated carbocycles. The average Bonchev–Trinajstić information content (AvgIpc) is 2.82. The van der Waals surface area contributed by atoms with Crippen molar-refractivity contribution in [2.75, 3.05) is 51.8 Å². The van der Waals surface area contributed by atoms with Crippen molar-refractivity contribution in [3.8, 4) is 0 Å². The van der Waals surface area contributed by atoms with E-state index < -0.39 is 18.1 Å². The Balaban J connectivity index is 1.76. The van der Waals surface area contributed by atoms with Crippen LogP contribution in [0.15, 0.2) is 12.1 Å². The van der Waals surface area contributed by atoms with E-state index >= 15 is 0 Å². The highest BCUT2D eigenvalue weighted by Crippen LogP contribution is 2.20. The Morgan fingerprint density at radius 1 is 1.21 bits per heavy atom. The monoisotopic (exact) mass is 464 g/mol. The van der Waals surface area contributed by atoms with Crippen LogP contribution in [0.1, 0.15) is 56.7 Å². The lowest BCUT2D eigenvalue weighted by atomic mass is 10.1. The van der Waals surface area contributed by atoms with Gasteiger partial charge in [0.1, 0.15) is 11.9 Å². The summed E-state index contributed by atoms with van der Waals surface area (Å²) in [6.45, 7) is 5.95. The van der Waals surface area contributed by atoms with Crippen LogP contribution in [0.4, 0.5) is 10.6 Å². The Bertz CT molecular complexity index is 731. The van der Waals surface area contributed by atoms with Crippen molar-refractivity contribution in [3.63, 3.8) is 0 Å². The summed E-state index contributed by atoms with van der Waals surface area (Å²) in [5, 5.41) is 15.3. The molecule has 3 N–H and O–H groups in total. The van der Waals surface area contributed by atoms with Crippen LogP contribution in [0.3, 0.4) is 0 Å². The molecule has 0 saturated heterocycles. The number of aryl methyl sites for hydroxylation is 2. The summed E-state index contributed by atoms with van der Waals surface area (Å²) < 4.78 is 10.2. The van der Waals surface area contributed by atoms with Crippen LogP contribution >= 0.6 is 0 Å². The van der Waals surface area contributed by atoms with E-state index in [1.165, 1.54) is 5.56 Å². The highest BCUT2D eigenvalue weighted by molar-refractivity contribution is 5.79. The Hall–Kier alpha value is -2.39. The van der Waals surface area contributed by atoms with Gasteiger partial charge < -0.3 is 30.1 Å². The van der Waals surface area contributed by atoms with E-state index in [2.05, 4.69) is 27.7 Å². The number of aromatic nitrogens is 1. The molecule has 2 rings (SSSR count). The molecule has 0 fully saturated rings. The van der Waals surface area contributed by atoms with Gasteiger partial charge in [0, 0.05) is 32.4 Å². The lowest BCUT2D eigenvalue weighted by Crippen LogP contribution is -2.44. The van der Waals surface area contributed by atoms with Gasteiger partial charge in [-0.1, -0.05) is 19.4 Å². The smallest absolute Gasteiger partial charge is 0.407 e. The molecule has 9 nitrogen and oxygen atoms in total. The second kappa shape index (κ2) is 15.4. The minimum Gasteiger partial charge on any atom is -0.480 e. The maximum atomic E-state index is 11.8. The van der Waals surface area contributed by atoms with E-state index in [1.807, 2.05) is 6.92 Å². The molecular weight excluding hydrogens is 424 g/mol. The topological polar surface area (TPSA) is 113 Å². The molecule has 0 aliphatic carbocycles. The Kier molecular flexibility index (Phi) is 12.6. The number of carbonyl (C=O) groups is 2. The third kappa shape index (κ3) is 10.4. The molecule has 186 valence electrons. The number of aliphatic carboxylic acids is 1.